The van der Waals surface area contributed by atoms with Gasteiger partial charge in [-0.25, -0.2) is 35.1 Å². The molecule has 0 spiro atoms. The molecule has 110 heavy (non-hydrogen) atoms. The number of aliphatic imine (C=N–C) groups is 2. The van der Waals surface area contributed by atoms with Crippen molar-refractivity contribution in [2.75, 3.05) is 0 Å². The van der Waals surface area contributed by atoms with Crippen LogP contribution in [0.5, 0.6) is 0 Å². The second-order valence-electron chi connectivity index (χ2n) is 27.6. The van der Waals surface area contributed by atoms with Crippen molar-refractivity contribution in [3.05, 3.63) is 380 Å². The number of halogens is 8. The Kier molecular flexibility index (Phi) is 28.7. The largest absolute Gasteiger partial charge is 0.207 e. The van der Waals surface area contributed by atoms with E-state index in [9.17, 15) is 35.1 Å². The van der Waals surface area contributed by atoms with E-state index in [0.717, 1.165) is 67.1 Å². The van der Waals surface area contributed by atoms with Crippen LogP contribution in [-0.2, 0) is 0 Å². The lowest BCUT2D eigenvalue weighted by Gasteiger charge is -2.26. The van der Waals surface area contributed by atoms with Crippen LogP contribution in [0.4, 0.5) is 46.5 Å². The van der Waals surface area contributed by atoms with Crippen LogP contribution in [0.25, 0.3) is 91.1 Å². The van der Waals surface area contributed by atoms with Gasteiger partial charge in [0.2, 0.25) is 0 Å². The van der Waals surface area contributed by atoms with Gasteiger partial charge in [-0.05, 0) is 241 Å². The average Bonchev–Trinajstić information content (AvgIpc) is 0.969. The molecular weight excluding hydrogens is 1420 g/mol. The zero-order chi connectivity index (χ0) is 78.4. The summed E-state index contributed by atoms with van der Waals surface area (Å²) in [5.41, 5.74) is 20.9. The van der Waals surface area contributed by atoms with E-state index in [0.29, 0.717) is 33.7 Å². The Morgan fingerprint density at radius 2 is 0.573 bits per heavy atom. The summed E-state index contributed by atoms with van der Waals surface area (Å²) in [4.78, 5) is 7.06. The second kappa shape index (κ2) is 39.0. The van der Waals surface area contributed by atoms with Gasteiger partial charge < -0.3 is 0 Å². The molecule has 13 aromatic rings. The maximum Gasteiger partial charge on any atom is 0.153 e. The molecule has 1 fully saturated rings. The van der Waals surface area contributed by atoms with Crippen molar-refractivity contribution in [2.45, 2.75) is 87.0 Å². The van der Waals surface area contributed by atoms with Gasteiger partial charge in [0.25, 0.3) is 0 Å². The quantitative estimate of drug-likeness (QED) is 0.0497. The van der Waals surface area contributed by atoms with Gasteiger partial charge in [-0.15, -0.1) is 0 Å². The van der Waals surface area contributed by atoms with Crippen LogP contribution in [0.3, 0.4) is 0 Å². The molecule has 1 aliphatic rings. The first kappa shape index (κ1) is 80.9. The molecule has 552 valence electrons. The van der Waals surface area contributed by atoms with E-state index in [-0.39, 0.29) is 22.6 Å². The molecule has 12 heteroatoms. The summed E-state index contributed by atoms with van der Waals surface area (Å²) in [6.45, 7) is 15.4. The summed E-state index contributed by atoms with van der Waals surface area (Å²) in [5, 5.41) is 4.14. The van der Waals surface area contributed by atoms with Gasteiger partial charge in [0.15, 0.2) is 11.6 Å². The number of aryl methyl sites for hydroxylation is 5. The fraction of sp³-hybridized carbons (Fsp3) is 0.143. The molecule has 1 aliphatic carbocycles. The molecule has 2 nitrogen and oxygen atoms in total. The Hall–Kier alpha value is -11.6. The minimum atomic E-state index is -0.763. The third kappa shape index (κ3) is 22.7. The van der Waals surface area contributed by atoms with Crippen LogP contribution in [0.15, 0.2) is 277 Å². The molecule has 0 aromatic heterocycles. The van der Waals surface area contributed by atoms with Gasteiger partial charge >= 0.3 is 0 Å². The molecule has 0 atom stereocenters. The second-order valence-corrected chi connectivity index (χ2v) is 28.0. The molecule has 0 radical (unpaired) electrons. The topological polar surface area (TPSA) is 24.7 Å². The van der Waals surface area contributed by atoms with Crippen molar-refractivity contribution in [1.29, 1.82) is 0 Å². The van der Waals surface area contributed by atoms with Crippen molar-refractivity contribution in [2.24, 2.45) is 15.9 Å². The van der Waals surface area contributed by atoms with E-state index >= 15 is 0 Å². The Morgan fingerprint density at radius 1 is 0.282 bits per heavy atom. The smallest absolute Gasteiger partial charge is 0.153 e. The molecule has 0 unspecified atom stereocenters. The van der Waals surface area contributed by atoms with Crippen molar-refractivity contribution in [1.82, 2.24) is 0 Å². The highest BCUT2D eigenvalue weighted by Gasteiger charge is 2.20. The zero-order valence-corrected chi connectivity index (χ0v) is 64.1. The standard InChI is InChI=1S/C22H15F2NS.C20H22F2.C20H16F2.C20H17F.C16H12FNS/c1-15-2-4-16(5-3-15)6-7-17-8-10-18(11-9-17)19-12-20(23)22(25-14-26)21(24)13-19;2*1-13-3-5-15(6-4-13)16-7-9-17(10-8-16)18-11-19(21)14(2)20(22)12-18;1-14-3-7-16(8-4-14)18-11-12-19(20(21)13-18)17-9-5-15(2)6-10-17;1-12-2-4-13(5-3-12)6-7-14-8-9-16(18-11-19)15(17)10-14/h2-13H,1H3;7-13,15H,3-6H2,1-2H3;3-12H,1-2H3;3-13H,1-2H3;2-10H,1H3. The summed E-state index contributed by atoms with van der Waals surface area (Å²) in [5.74, 6) is -2.64. The first-order valence-electron chi connectivity index (χ1n) is 36.1. The monoisotopic (exact) mass is 1500 g/mol. The summed E-state index contributed by atoms with van der Waals surface area (Å²) < 4.78 is 111. The Bertz CT molecular complexity index is 5370. The molecule has 13 aromatic carbocycles. The highest BCUT2D eigenvalue weighted by molar-refractivity contribution is 7.78. The fourth-order valence-electron chi connectivity index (χ4n) is 12.4. The van der Waals surface area contributed by atoms with E-state index in [1.54, 1.807) is 18.2 Å². The third-order valence-electron chi connectivity index (χ3n) is 19.3. The first-order chi connectivity index (χ1) is 53.0. The van der Waals surface area contributed by atoms with Gasteiger partial charge in [0, 0.05) is 16.7 Å². The normalized spacial score (nSPS) is 12.9. The number of benzene rings is 13. The average molecular weight is 1500 g/mol. The van der Waals surface area contributed by atoms with Crippen LogP contribution in [-0.4, -0.2) is 10.3 Å². The van der Waals surface area contributed by atoms with Gasteiger partial charge in [0.05, 0.1) is 10.3 Å². The maximum absolute atomic E-state index is 14.4. The lowest BCUT2D eigenvalue weighted by Crippen LogP contribution is -2.10. The summed E-state index contributed by atoms with van der Waals surface area (Å²) in [6, 6.07) is 82.3. The van der Waals surface area contributed by atoms with Crippen molar-refractivity contribution in [3.63, 3.8) is 0 Å². The highest BCUT2D eigenvalue weighted by Crippen LogP contribution is 2.38. The van der Waals surface area contributed by atoms with E-state index < -0.39 is 46.4 Å². The SMILES string of the molecule is Cc1c(F)cc(-c2ccc(C3CCC(C)CC3)cc2)cc1F.Cc1ccc(-c2ccc(-c3cc(F)c(C)c(F)c3)cc2)cc1.Cc1ccc(-c2ccc(-c3ccc(C)cc3)c(F)c2)cc1.Cc1ccc(C=Cc2ccc(-c3cc(F)c(N=C=S)c(F)c3)cc2)cc1.Cc1ccc(C=Cc2ccc(N=C=S)c(F)c2)cc1. The molecule has 0 saturated heterocycles. The van der Waals surface area contributed by atoms with Crippen LogP contribution in [0.2, 0.25) is 0 Å². The third-order valence-corrected chi connectivity index (χ3v) is 19.4. The molecule has 0 bridgehead atoms. The van der Waals surface area contributed by atoms with Gasteiger partial charge in [-0.3, -0.25) is 0 Å². The predicted octanol–water partition coefficient (Wildman–Crippen LogP) is 29.8. The Morgan fingerprint density at radius 3 is 0.955 bits per heavy atom. The number of rotatable bonds is 13. The summed E-state index contributed by atoms with van der Waals surface area (Å²) in [7, 11) is 0. The van der Waals surface area contributed by atoms with Crippen molar-refractivity contribution in [3.8, 4) is 66.8 Å². The maximum atomic E-state index is 14.4. The fourth-order valence-corrected chi connectivity index (χ4v) is 12.5. The number of isothiocyanates is 2. The van der Waals surface area contributed by atoms with E-state index in [1.165, 1.54) is 115 Å². The summed E-state index contributed by atoms with van der Waals surface area (Å²) in [6.07, 6.45) is 12.9. The lowest BCUT2D eigenvalue weighted by atomic mass is 9.79. The van der Waals surface area contributed by atoms with E-state index in [4.69, 9.17) is 0 Å². The lowest BCUT2D eigenvalue weighted by molar-refractivity contribution is 0.348. The molecular formula is C98H82F8N2S2. The zero-order valence-electron chi connectivity index (χ0n) is 62.4. The molecule has 0 aliphatic heterocycles. The molecule has 0 amide bonds. The molecule has 0 heterocycles. The summed E-state index contributed by atoms with van der Waals surface area (Å²) >= 11 is 8.86. The molecule has 0 N–H and O–H groups in total. The minimum absolute atomic E-state index is 0.0556. The molecule has 1 saturated carbocycles. The molecule has 14 rings (SSSR count). The Balaban J connectivity index is 0.000000147. The van der Waals surface area contributed by atoms with Crippen LogP contribution in [0.1, 0.15) is 105 Å². The minimum Gasteiger partial charge on any atom is -0.207 e. The Labute approximate surface area is 651 Å². The van der Waals surface area contributed by atoms with Crippen LogP contribution < -0.4 is 0 Å². The van der Waals surface area contributed by atoms with Gasteiger partial charge in [-0.1, -0.05) is 284 Å². The van der Waals surface area contributed by atoms with Gasteiger partial charge in [0.1, 0.15) is 46.3 Å². The predicted molar refractivity (Wildman–Crippen MR) is 448 cm³/mol. The van der Waals surface area contributed by atoms with Gasteiger partial charge in [-0.2, -0.15) is 9.98 Å². The van der Waals surface area contributed by atoms with E-state index in [1.807, 2.05) is 210 Å². The number of hydrogen-bond donors (Lipinski definition) is 0. The van der Waals surface area contributed by atoms with E-state index in [2.05, 4.69) is 107 Å². The van der Waals surface area contributed by atoms with Crippen molar-refractivity contribution < 1.29 is 35.1 Å². The first-order valence-corrected chi connectivity index (χ1v) is 37.0. The number of hydrogen-bond acceptors (Lipinski definition) is 4. The number of thiocarbonyl (C=S) groups is 2. The van der Waals surface area contributed by atoms with Crippen molar-refractivity contribution >= 4 is 70.4 Å². The van der Waals surface area contributed by atoms with Crippen LogP contribution in [0, 0.1) is 101 Å². The highest BCUT2D eigenvalue weighted by atomic mass is 32.1. The number of nitrogens with zero attached hydrogens (tertiary/aromatic N) is 2. The van der Waals surface area contributed by atoms with Crippen LogP contribution >= 0.6 is 24.4 Å².